The van der Waals surface area contributed by atoms with Crippen molar-refractivity contribution in [2.24, 2.45) is 5.41 Å². The molecule has 0 spiro atoms. The number of aliphatic hydroxyl groups excluding tert-OH is 1. The van der Waals surface area contributed by atoms with Gasteiger partial charge in [0.1, 0.15) is 0 Å². The van der Waals surface area contributed by atoms with Gasteiger partial charge >= 0.3 is 0 Å². The van der Waals surface area contributed by atoms with E-state index in [1.54, 1.807) is 0 Å². The van der Waals surface area contributed by atoms with Crippen LogP contribution in [0.5, 0.6) is 0 Å². The van der Waals surface area contributed by atoms with Crippen LogP contribution in [-0.2, 0) is 4.74 Å². The van der Waals surface area contributed by atoms with Crippen molar-refractivity contribution in [3.63, 3.8) is 0 Å². The molecule has 0 amide bonds. The molecule has 0 atom stereocenters. The smallest absolute Gasteiger partial charge is 0.0466 e. The Labute approximate surface area is 101 Å². The van der Waals surface area contributed by atoms with Crippen LogP contribution in [0, 0.1) is 5.41 Å². The average molecular weight is 230 g/mol. The third-order valence-corrected chi connectivity index (χ3v) is 2.66. The second-order valence-electron chi connectivity index (χ2n) is 5.77. The van der Waals surface area contributed by atoms with Gasteiger partial charge in [-0.1, -0.05) is 40.0 Å². The Morgan fingerprint density at radius 2 is 1.38 bits per heavy atom. The van der Waals surface area contributed by atoms with Gasteiger partial charge in [-0.15, -0.1) is 0 Å². The zero-order valence-corrected chi connectivity index (χ0v) is 11.4. The summed E-state index contributed by atoms with van der Waals surface area (Å²) in [5, 5.41) is 8.61. The predicted octanol–water partition coefficient (Wildman–Crippen LogP) is 3.77. The van der Waals surface area contributed by atoms with Gasteiger partial charge < -0.3 is 9.84 Å². The zero-order valence-electron chi connectivity index (χ0n) is 11.4. The van der Waals surface area contributed by atoms with Gasteiger partial charge in [0.25, 0.3) is 0 Å². The molecule has 0 saturated carbocycles. The summed E-state index contributed by atoms with van der Waals surface area (Å²) in [6.45, 7) is 8.97. The van der Waals surface area contributed by atoms with E-state index < -0.39 is 0 Å². The number of aliphatic hydroxyl groups is 1. The van der Waals surface area contributed by atoms with Crippen molar-refractivity contribution in [1.29, 1.82) is 0 Å². The molecular weight excluding hydrogens is 200 g/mol. The van der Waals surface area contributed by atoms with Crippen molar-refractivity contribution in [1.82, 2.24) is 0 Å². The number of ether oxygens (including phenoxy) is 1. The van der Waals surface area contributed by atoms with Crippen LogP contribution in [0.1, 0.15) is 65.7 Å². The number of unbranched alkanes of at least 4 members (excludes halogenated alkanes) is 4. The summed E-state index contributed by atoms with van der Waals surface area (Å²) in [5.74, 6) is 0. The molecule has 0 aromatic carbocycles. The Morgan fingerprint density at radius 1 is 0.812 bits per heavy atom. The maximum Gasteiger partial charge on any atom is 0.0466 e. The van der Waals surface area contributed by atoms with E-state index in [2.05, 4.69) is 20.8 Å². The fraction of sp³-hybridized carbons (Fsp3) is 1.00. The maximum atomic E-state index is 8.61. The first-order chi connectivity index (χ1) is 7.56. The molecule has 0 aromatic heterocycles. The summed E-state index contributed by atoms with van der Waals surface area (Å²) in [7, 11) is 0. The van der Waals surface area contributed by atoms with Crippen molar-refractivity contribution in [2.45, 2.75) is 65.7 Å². The van der Waals surface area contributed by atoms with E-state index in [-0.39, 0.29) is 0 Å². The van der Waals surface area contributed by atoms with E-state index in [4.69, 9.17) is 9.84 Å². The molecule has 0 aliphatic heterocycles. The van der Waals surface area contributed by atoms with Gasteiger partial charge in [-0.3, -0.25) is 0 Å². The minimum atomic E-state index is 0.337. The first-order valence-electron chi connectivity index (χ1n) is 6.75. The molecule has 0 aromatic rings. The highest BCUT2D eigenvalue weighted by Gasteiger charge is 2.08. The van der Waals surface area contributed by atoms with Gasteiger partial charge in [-0.05, 0) is 31.1 Å². The highest BCUT2D eigenvalue weighted by atomic mass is 16.5. The van der Waals surface area contributed by atoms with Gasteiger partial charge in [-0.25, -0.2) is 0 Å². The molecule has 0 bridgehead atoms. The lowest BCUT2D eigenvalue weighted by atomic mass is 9.91. The van der Waals surface area contributed by atoms with E-state index in [1.807, 2.05) is 0 Å². The Hall–Kier alpha value is -0.0800. The largest absolute Gasteiger partial charge is 0.396 e. The standard InChI is InChI=1S/C14H30O2/c1-14(2,3)10-9-13-16-12-8-6-4-5-7-11-15/h15H,4-13H2,1-3H3. The van der Waals surface area contributed by atoms with E-state index in [0.717, 1.165) is 26.1 Å². The van der Waals surface area contributed by atoms with Gasteiger partial charge in [0.2, 0.25) is 0 Å². The molecule has 0 aliphatic carbocycles. The summed E-state index contributed by atoms with van der Waals surface area (Å²) in [6.07, 6.45) is 8.15. The molecular formula is C14H30O2. The molecule has 0 saturated heterocycles. The Kier molecular flexibility index (Phi) is 10.0. The lowest BCUT2D eigenvalue weighted by Gasteiger charge is -2.17. The SMILES string of the molecule is CC(C)(C)CCCOCCCCCCCO. The molecule has 0 radical (unpaired) electrons. The van der Waals surface area contributed by atoms with Gasteiger partial charge in [0.15, 0.2) is 0 Å². The third-order valence-electron chi connectivity index (χ3n) is 2.66. The first kappa shape index (κ1) is 15.9. The molecule has 98 valence electrons. The topological polar surface area (TPSA) is 29.5 Å². The molecule has 2 heteroatoms. The van der Waals surface area contributed by atoms with Crippen LogP contribution in [-0.4, -0.2) is 24.9 Å². The van der Waals surface area contributed by atoms with Crippen molar-refractivity contribution in [3.8, 4) is 0 Å². The van der Waals surface area contributed by atoms with Gasteiger partial charge in [0.05, 0.1) is 0 Å². The van der Waals surface area contributed by atoms with Gasteiger partial charge in [-0.2, -0.15) is 0 Å². The molecule has 0 aliphatic rings. The Balaban J connectivity index is 2.99. The summed E-state index contributed by atoms with van der Waals surface area (Å²) in [4.78, 5) is 0. The summed E-state index contributed by atoms with van der Waals surface area (Å²) < 4.78 is 5.59. The highest BCUT2D eigenvalue weighted by molar-refractivity contribution is 4.60. The van der Waals surface area contributed by atoms with Crippen LogP contribution in [0.3, 0.4) is 0 Å². The second-order valence-corrected chi connectivity index (χ2v) is 5.77. The Bertz CT molecular complexity index is 138. The molecule has 0 fully saturated rings. The Morgan fingerprint density at radius 3 is 2.00 bits per heavy atom. The summed E-state index contributed by atoms with van der Waals surface area (Å²) in [6, 6.07) is 0. The van der Waals surface area contributed by atoms with E-state index in [1.165, 1.54) is 32.1 Å². The molecule has 2 nitrogen and oxygen atoms in total. The van der Waals surface area contributed by atoms with E-state index in [0.29, 0.717) is 12.0 Å². The minimum Gasteiger partial charge on any atom is -0.396 e. The van der Waals surface area contributed by atoms with Crippen LogP contribution < -0.4 is 0 Å². The minimum absolute atomic E-state index is 0.337. The summed E-state index contributed by atoms with van der Waals surface area (Å²) in [5.41, 5.74) is 0.438. The quantitative estimate of drug-likeness (QED) is 0.579. The molecule has 0 heterocycles. The number of hydrogen-bond acceptors (Lipinski definition) is 2. The third kappa shape index (κ3) is 13.9. The van der Waals surface area contributed by atoms with Crippen LogP contribution in [0.25, 0.3) is 0 Å². The summed E-state index contributed by atoms with van der Waals surface area (Å²) >= 11 is 0. The molecule has 0 rings (SSSR count). The van der Waals surface area contributed by atoms with Gasteiger partial charge in [0, 0.05) is 19.8 Å². The fourth-order valence-corrected chi connectivity index (χ4v) is 1.65. The lowest BCUT2D eigenvalue weighted by Crippen LogP contribution is -2.07. The second kappa shape index (κ2) is 10.1. The van der Waals surface area contributed by atoms with Crippen molar-refractivity contribution >= 4 is 0 Å². The number of hydrogen-bond donors (Lipinski definition) is 1. The van der Waals surface area contributed by atoms with Crippen LogP contribution in [0.2, 0.25) is 0 Å². The van der Waals surface area contributed by atoms with E-state index in [9.17, 15) is 0 Å². The van der Waals surface area contributed by atoms with Crippen LogP contribution in [0.4, 0.5) is 0 Å². The normalized spacial score (nSPS) is 12.0. The molecule has 1 N–H and O–H groups in total. The maximum absolute atomic E-state index is 8.61. The molecule has 0 unspecified atom stereocenters. The monoisotopic (exact) mass is 230 g/mol. The van der Waals surface area contributed by atoms with Crippen molar-refractivity contribution < 1.29 is 9.84 Å². The van der Waals surface area contributed by atoms with Crippen molar-refractivity contribution in [3.05, 3.63) is 0 Å². The van der Waals surface area contributed by atoms with Crippen LogP contribution in [0.15, 0.2) is 0 Å². The predicted molar refractivity (Wildman–Crippen MR) is 69.7 cm³/mol. The lowest BCUT2D eigenvalue weighted by molar-refractivity contribution is 0.118. The van der Waals surface area contributed by atoms with Crippen LogP contribution >= 0.6 is 0 Å². The fourth-order valence-electron chi connectivity index (χ4n) is 1.65. The molecule has 16 heavy (non-hydrogen) atoms. The highest BCUT2D eigenvalue weighted by Crippen LogP contribution is 2.20. The number of rotatable bonds is 10. The average Bonchev–Trinajstić information content (AvgIpc) is 2.19. The van der Waals surface area contributed by atoms with E-state index >= 15 is 0 Å². The first-order valence-corrected chi connectivity index (χ1v) is 6.75. The zero-order chi connectivity index (χ0) is 12.3. The van der Waals surface area contributed by atoms with Crippen molar-refractivity contribution in [2.75, 3.05) is 19.8 Å².